The van der Waals surface area contributed by atoms with Gasteiger partial charge in [-0.3, -0.25) is 4.79 Å². The third kappa shape index (κ3) is 4.53. The number of nitrogens with one attached hydrogen (secondary N) is 3. The van der Waals surface area contributed by atoms with Gasteiger partial charge in [-0.1, -0.05) is 12.1 Å². The molecule has 3 N–H and O–H groups in total. The molecule has 0 radical (unpaired) electrons. The lowest BCUT2D eigenvalue weighted by atomic mass is 10.1. The summed E-state index contributed by atoms with van der Waals surface area (Å²) in [5.41, 5.74) is 1.19. The molecule has 1 aliphatic rings. The largest absolute Gasteiger partial charge is 0.375 e. The molecule has 1 aliphatic heterocycles. The van der Waals surface area contributed by atoms with Crippen LogP contribution < -0.4 is 15.5 Å². The number of amides is 1. The minimum absolute atomic E-state index is 0.0218. The lowest BCUT2D eigenvalue weighted by Crippen LogP contribution is -2.49. The number of aromatic amines is 1. The van der Waals surface area contributed by atoms with Crippen molar-refractivity contribution in [2.75, 3.05) is 43.9 Å². The molecule has 0 saturated carbocycles. The predicted octanol–water partition coefficient (Wildman–Crippen LogP) is 1.41. The maximum Gasteiger partial charge on any atom is 0.244 e. The summed E-state index contributed by atoms with van der Waals surface area (Å²) in [7, 11) is -0.658. The van der Waals surface area contributed by atoms with E-state index in [1.807, 2.05) is 12.3 Å². The van der Waals surface area contributed by atoms with E-state index in [9.17, 15) is 13.2 Å². The van der Waals surface area contributed by atoms with Crippen molar-refractivity contribution in [3.8, 4) is 0 Å². The Hall–Kier alpha value is -3.18. The number of carbonyl (C=O) groups is 1. The molecule has 0 spiro atoms. The molecular weight excluding hydrogens is 430 g/mol. The fraction of sp³-hybridized carbons (Fsp3) is 0.381. The van der Waals surface area contributed by atoms with Gasteiger partial charge in [0.15, 0.2) is 0 Å². The maximum absolute atomic E-state index is 12.6. The molecule has 2 aromatic heterocycles. The van der Waals surface area contributed by atoms with E-state index in [-0.39, 0.29) is 23.4 Å². The van der Waals surface area contributed by atoms with Crippen molar-refractivity contribution in [1.29, 1.82) is 0 Å². The van der Waals surface area contributed by atoms with Crippen LogP contribution in [0.2, 0.25) is 0 Å². The number of hydrogen-bond acceptors (Lipinski definition) is 7. The zero-order chi connectivity index (χ0) is 22.7. The van der Waals surface area contributed by atoms with E-state index in [2.05, 4.69) is 30.5 Å². The summed E-state index contributed by atoms with van der Waals surface area (Å²) in [5.74, 6) is 0.666. The van der Waals surface area contributed by atoms with E-state index in [1.54, 1.807) is 24.5 Å². The van der Waals surface area contributed by atoms with Gasteiger partial charge in [-0.15, -0.1) is 0 Å². The van der Waals surface area contributed by atoms with Crippen LogP contribution in [0.15, 0.2) is 47.8 Å². The van der Waals surface area contributed by atoms with Crippen LogP contribution in [0.1, 0.15) is 12.8 Å². The van der Waals surface area contributed by atoms with Gasteiger partial charge in [0.2, 0.25) is 15.9 Å². The molecular formula is C21H27N7O3S. The number of rotatable bonds is 7. The van der Waals surface area contributed by atoms with E-state index < -0.39 is 10.0 Å². The fourth-order valence-electron chi connectivity index (χ4n) is 3.89. The summed E-state index contributed by atoms with van der Waals surface area (Å²) in [6, 6.07) is 8.50. The highest BCUT2D eigenvalue weighted by atomic mass is 32.2. The van der Waals surface area contributed by atoms with E-state index in [0.29, 0.717) is 12.2 Å². The SMILES string of the molecule is CN(C)S(=O)(=O)c1ccccc1NCC(=O)N[C@@H]1CCCN(c2ncnc3[nH]ccc23)C1. The number of H-pyrrole nitrogens is 1. The molecule has 1 fully saturated rings. The first kappa shape index (κ1) is 22.0. The number of benzene rings is 1. The molecule has 3 heterocycles. The highest BCUT2D eigenvalue weighted by Gasteiger charge is 2.25. The average Bonchev–Trinajstić information content (AvgIpc) is 3.27. The molecule has 1 saturated heterocycles. The average molecular weight is 458 g/mol. The second kappa shape index (κ2) is 9.13. The van der Waals surface area contributed by atoms with Crippen molar-refractivity contribution < 1.29 is 13.2 Å². The lowest BCUT2D eigenvalue weighted by molar-refractivity contribution is -0.120. The lowest BCUT2D eigenvalue weighted by Gasteiger charge is -2.34. The molecule has 0 bridgehead atoms. The Kier molecular flexibility index (Phi) is 6.28. The van der Waals surface area contributed by atoms with Crippen molar-refractivity contribution in [2.24, 2.45) is 0 Å². The summed E-state index contributed by atoms with van der Waals surface area (Å²) in [5, 5.41) is 6.99. The van der Waals surface area contributed by atoms with Gasteiger partial charge in [0.25, 0.3) is 0 Å². The van der Waals surface area contributed by atoms with Gasteiger partial charge in [0.05, 0.1) is 17.6 Å². The zero-order valence-corrected chi connectivity index (χ0v) is 18.9. The number of sulfonamides is 1. The van der Waals surface area contributed by atoms with Crippen LogP contribution in [0.4, 0.5) is 11.5 Å². The first-order valence-electron chi connectivity index (χ1n) is 10.4. The van der Waals surface area contributed by atoms with E-state index in [0.717, 1.165) is 40.5 Å². The normalized spacial score (nSPS) is 17.0. The maximum atomic E-state index is 12.6. The Morgan fingerprint density at radius 2 is 2.06 bits per heavy atom. The second-order valence-corrected chi connectivity index (χ2v) is 10.0. The number of hydrogen-bond donors (Lipinski definition) is 3. The van der Waals surface area contributed by atoms with Crippen molar-refractivity contribution in [3.63, 3.8) is 0 Å². The Labute approximate surface area is 187 Å². The van der Waals surface area contributed by atoms with Crippen molar-refractivity contribution in [2.45, 2.75) is 23.8 Å². The number of nitrogens with zero attached hydrogens (tertiary/aromatic N) is 4. The highest BCUT2D eigenvalue weighted by Crippen LogP contribution is 2.25. The molecule has 170 valence electrons. The number of aromatic nitrogens is 3. The number of para-hydroxylation sites is 1. The van der Waals surface area contributed by atoms with Crippen LogP contribution >= 0.6 is 0 Å². The molecule has 11 heteroatoms. The van der Waals surface area contributed by atoms with Gasteiger partial charge < -0.3 is 20.5 Å². The van der Waals surface area contributed by atoms with Gasteiger partial charge >= 0.3 is 0 Å². The Bertz CT molecular complexity index is 1210. The minimum Gasteiger partial charge on any atom is -0.375 e. The molecule has 0 aliphatic carbocycles. The van der Waals surface area contributed by atoms with E-state index in [4.69, 9.17) is 0 Å². The standard InChI is InChI=1S/C21H27N7O3S/c1-27(2)32(30,31)18-8-4-3-7-17(18)23-12-19(29)26-15-6-5-11-28(13-15)21-16-9-10-22-20(16)24-14-25-21/h3-4,7-10,14-15,23H,5-6,11-13H2,1-2H3,(H,26,29)(H,22,24,25)/t15-/m1/s1. The molecule has 1 amide bonds. The summed E-state index contributed by atoms with van der Waals surface area (Å²) in [4.78, 5) is 26.7. The molecule has 0 unspecified atom stereocenters. The van der Waals surface area contributed by atoms with Crippen LogP contribution in [0, 0.1) is 0 Å². The molecule has 32 heavy (non-hydrogen) atoms. The third-order valence-corrected chi connectivity index (χ3v) is 7.38. The monoisotopic (exact) mass is 457 g/mol. The van der Waals surface area contributed by atoms with Crippen LogP contribution in [0.5, 0.6) is 0 Å². The number of anilines is 2. The summed E-state index contributed by atoms with van der Waals surface area (Å²) >= 11 is 0. The topological polar surface area (TPSA) is 123 Å². The first-order valence-corrected chi connectivity index (χ1v) is 11.9. The van der Waals surface area contributed by atoms with E-state index in [1.165, 1.54) is 20.2 Å². The first-order chi connectivity index (χ1) is 15.4. The van der Waals surface area contributed by atoms with Crippen molar-refractivity contribution in [3.05, 3.63) is 42.9 Å². The van der Waals surface area contributed by atoms with Gasteiger partial charge in [-0.2, -0.15) is 0 Å². The third-order valence-electron chi connectivity index (χ3n) is 5.50. The van der Waals surface area contributed by atoms with Gasteiger partial charge in [-0.25, -0.2) is 22.7 Å². The van der Waals surface area contributed by atoms with Crippen molar-refractivity contribution in [1.82, 2.24) is 24.6 Å². The summed E-state index contributed by atoms with van der Waals surface area (Å²) in [6.07, 6.45) is 5.18. The van der Waals surface area contributed by atoms with Crippen LogP contribution in [-0.4, -0.2) is 73.4 Å². The van der Waals surface area contributed by atoms with Crippen LogP contribution in [-0.2, 0) is 14.8 Å². The minimum atomic E-state index is -3.62. The summed E-state index contributed by atoms with van der Waals surface area (Å²) in [6.45, 7) is 1.48. The summed E-state index contributed by atoms with van der Waals surface area (Å²) < 4.78 is 26.2. The Balaban J connectivity index is 1.39. The second-order valence-electron chi connectivity index (χ2n) is 7.93. The molecule has 3 aromatic rings. The van der Waals surface area contributed by atoms with Gasteiger partial charge in [0, 0.05) is 39.4 Å². The number of carbonyl (C=O) groups excluding carboxylic acids is 1. The Morgan fingerprint density at radius 1 is 1.25 bits per heavy atom. The zero-order valence-electron chi connectivity index (χ0n) is 18.1. The highest BCUT2D eigenvalue weighted by molar-refractivity contribution is 7.89. The quantitative estimate of drug-likeness (QED) is 0.490. The van der Waals surface area contributed by atoms with Gasteiger partial charge in [-0.05, 0) is 31.0 Å². The molecule has 10 nitrogen and oxygen atoms in total. The van der Waals surface area contributed by atoms with Crippen LogP contribution in [0.25, 0.3) is 11.0 Å². The number of piperidine rings is 1. The molecule has 1 aromatic carbocycles. The predicted molar refractivity (Wildman–Crippen MR) is 123 cm³/mol. The van der Waals surface area contributed by atoms with Gasteiger partial charge in [0.1, 0.15) is 22.7 Å². The Morgan fingerprint density at radius 3 is 2.88 bits per heavy atom. The number of fused-ring (bicyclic) bond motifs is 1. The fourth-order valence-corrected chi connectivity index (χ4v) is 4.95. The van der Waals surface area contributed by atoms with E-state index >= 15 is 0 Å². The van der Waals surface area contributed by atoms with Crippen molar-refractivity contribution >= 4 is 38.5 Å². The smallest absolute Gasteiger partial charge is 0.244 e. The molecule has 4 rings (SSSR count). The van der Waals surface area contributed by atoms with Crippen LogP contribution in [0.3, 0.4) is 0 Å². The molecule has 1 atom stereocenters.